The quantitative estimate of drug-likeness (QED) is 0.477. The molecule has 0 aromatic heterocycles. The largest absolute Gasteiger partial charge is 0.371 e. The van der Waals surface area contributed by atoms with Crippen molar-refractivity contribution >= 4 is 17.9 Å². The van der Waals surface area contributed by atoms with Crippen molar-refractivity contribution in [3.8, 4) is 0 Å². The van der Waals surface area contributed by atoms with Crippen molar-refractivity contribution in [2.75, 3.05) is 18.0 Å². The molecule has 5 nitrogen and oxygen atoms in total. The van der Waals surface area contributed by atoms with Crippen LogP contribution in [0.5, 0.6) is 0 Å². The lowest BCUT2D eigenvalue weighted by atomic mass is 10.1. The summed E-state index contributed by atoms with van der Waals surface area (Å²) in [4.78, 5) is 2.42. The third-order valence-corrected chi connectivity index (χ3v) is 3.05. The van der Waals surface area contributed by atoms with Crippen LogP contribution in [0.3, 0.4) is 0 Å². The Morgan fingerprint density at radius 3 is 2.61 bits per heavy atom. The Morgan fingerprint density at radius 1 is 1.28 bits per heavy atom. The second-order valence-corrected chi connectivity index (χ2v) is 4.51. The van der Waals surface area contributed by atoms with Gasteiger partial charge in [0.15, 0.2) is 0 Å². The normalized spacial score (nSPS) is 15.3. The maximum absolute atomic E-state index is 5.20. The van der Waals surface area contributed by atoms with Crippen LogP contribution in [0, 0.1) is 6.92 Å². The molecule has 1 fully saturated rings. The molecule has 0 unspecified atom stereocenters. The van der Waals surface area contributed by atoms with Crippen LogP contribution in [0.25, 0.3) is 0 Å². The zero-order chi connectivity index (χ0) is 13.0. The van der Waals surface area contributed by atoms with E-state index in [1.54, 1.807) is 6.21 Å². The molecule has 4 N–H and O–H groups in total. The van der Waals surface area contributed by atoms with E-state index in [0.29, 0.717) is 0 Å². The molecule has 0 aliphatic carbocycles. The zero-order valence-corrected chi connectivity index (χ0v) is 10.6. The number of hydrogen-bond donors (Lipinski definition) is 2. The fourth-order valence-corrected chi connectivity index (χ4v) is 2.23. The number of benzene rings is 1. The number of nitrogens with two attached hydrogens (primary N) is 2. The Kier molecular flexibility index (Phi) is 3.82. The van der Waals surface area contributed by atoms with Gasteiger partial charge in [-0.05, 0) is 43.0 Å². The topological polar surface area (TPSA) is 80.0 Å². The van der Waals surface area contributed by atoms with Crippen molar-refractivity contribution in [3.05, 3.63) is 29.3 Å². The number of hydrogen-bond acceptors (Lipinski definition) is 3. The molecule has 0 spiro atoms. The lowest BCUT2D eigenvalue weighted by molar-refractivity contribution is 0.949. The van der Waals surface area contributed by atoms with Crippen molar-refractivity contribution in [1.82, 2.24) is 0 Å². The van der Waals surface area contributed by atoms with E-state index in [1.165, 1.54) is 24.1 Å². The first kappa shape index (κ1) is 12.4. The Hall–Kier alpha value is -2.04. The van der Waals surface area contributed by atoms with E-state index in [-0.39, 0.29) is 5.96 Å². The molecule has 1 aromatic carbocycles. The van der Waals surface area contributed by atoms with Crippen molar-refractivity contribution in [2.45, 2.75) is 19.8 Å². The van der Waals surface area contributed by atoms with Gasteiger partial charge < -0.3 is 16.4 Å². The van der Waals surface area contributed by atoms with Crippen LogP contribution >= 0.6 is 0 Å². The Balaban J connectivity index is 2.14. The molecule has 96 valence electrons. The predicted octanol–water partition coefficient (Wildman–Crippen LogP) is 1.20. The average molecular weight is 245 g/mol. The molecular formula is C13H19N5. The fourth-order valence-electron chi connectivity index (χ4n) is 2.23. The number of rotatable bonds is 3. The van der Waals surface area contributed by atoms with E-state index in [2.05, 4.69) is 34.2 Å². The third kappa shape index (κ3) is 3.00. The van der Waals surface area contributed by atoms with E-state index in [1.807, 2.05) is 6.07 Å². The molecule has 0 atom stereocenters. The van der Waals surface area contributed by atoms with E-state index in [9.17, 15) is 0 Å². The summed E-state index contributed by atoms with van der Waals surface area (Å²) in [6, 6.07) is 6.27. The van der Waals surface area contributed by atoms with Gasteiger partial charge in [-0.2, -0.15) is 5.10 Å². The molecule has 0 bridgehead atoms. The minimum Gasteiger partial charge on any atom is -0.371 e. The van der Waals surface area contributed by atoms with Crippen LogP contribution in [-0.4, -0.2) is 25.3 Å². The highest BCUT2D eigenvalue weighted by Crippen LogP contribution is 2.24. The number of aryl methyl sites for hydroxylation is 1. The first-order valence-corrected chi connectivity index (χ1v) is 6.14. The number of guanidine groups is 1. The fraction of sp³-hybridized carbons (Fsp3) is 0.385. The van der Waals surface area contributed by atoms with Gasteiger partial charge in [-0.3, -0.25) is 0 Å². The number of nitrogens with zero attached hydrogens (tertiary/aromatic N) is 3. The SMILES string of the molecule is Cc1cc(/C=N\N=C(N)N)ccc1N1CCCC1. The zero-order valence-electron chi connectivity index (χ0n) is 10.6. The minimum atomic E-state index is -0.0309. The summed E-state index contributed by atoms with van der Waals surface area (Å²) in [6.45, 7) is 4.43. The van der Waals surface area contributed by atoms with E-state index >= 15 is 0 Å². The summed E-state index contributed by atoms with van der Waals surface area (Å²) in [6.07, 6.45) is 4.22. The van der Waals surface area contributed by atoms with Crippen molar-refractivity contribution < 1.29 is 0 Å². The smallest absolute Gasteiger partial charge is 0.211 e. The lowest BCUT2D eigenvalue weighted by Gasteiger charge is -2.20. The lowest BCUT2D eigenvalue weighted by Crippen LogP contribution is -2.21. The van der Waals surface area contributed by atoms with Crippen molar-refractivity contribution in [3.63, 3.8) is 0 Å². The highest BCUT2D eigenvalue weighted by atomic mass is 15.3. The minimum absolute atomic E-state index is 0.0309. The highest BCUT2D eigenvalue weighted by molar-refractivity contribution is 5.82. The summed E-state index contributed by atoms with van der Waals surface area (Å²) in [5.74, 6) is -0.0309. The third-order valence-electron chi connectivity index (χ3n) is 3.05. The molecule has 1 aromatic rings. The molecule has 0 radical (unpaired) electrons. The summed E-state index contributed by atoms with van der Waals surface area (Å²) in [5.41, 5.74) is 14.0. The number of anilines is 1. The Bertz CT molecular complexity index is 468. The van der Waals surface area contributed by atoms with Crippen LogP contribution in [0.15, 0.2) is 28.4 Å². The van der Waals surface area contributed by atoms with Gasteiger partial charge in [-0.25, -0.2) is 0 Å². The molecular weight excluding hydrogens is 226 g/mol. The summed E-state index contributed by atoms with van der Waals surface area (Å²) >= 11 is 0. The standard InChI is InChI=1S/C13H19N5/c1-10-8-11(9-16-17-13(14)15)4-5-12(10)18-6-2-3-7-18/h4-5,8-9H,2-3,6-7H2,1H3,(H4,14,15,17)/b16-9-. The first-order valence-electron chi connectivity index (χ1n) is 6.14. The molecule has 1 aliphatic heterocycles. The Morgan fingerprint density at radius 2 is 2.00 bits per heavy atom. The second kappa shape index (κ2) is 5.53. The van der Waals surface area contributed by atoms with Crippen LogP contribution in [0.2, 0.25) is 0 Å². The maximum Gasteiger partial charge on any atom is 0.211 e. The van der Waals surface area contributed by atoms with Gasteiger partial charge in [0.05, 0.1) is 6.21 Å². The van der Waals surface area contributed by atoms with Gasteiger partial charge >= 0.3 is 0 Å². The molecule has 18 heavy (non-hydrogen) atoms. The summed E-state index contributed by atoms with van der Waals surface area (Å²) in [5, 5.41) is 7.39. The van der Waals surface area contributed by atoms with Gasteiger partial charge in [-0.15, -0.1) is 5.10 Å². The van der Waals surface area contributed by atoms with Crippen LogP contribution < -0.4 is 16.4 Å². The Labute approximate surface area is 107 Å². The van der Waals surface area contributed by atoms with Crippen molar-refractivity contribution in [1.29, 1.82) is 0 Å². The summed E-state index contributed by atoms with van der Waals surface area (Å²) in [7, 11) is 0. The van der Waals surface area contributed by atoms with E-state index in [0.717, 1.165) is 18.7 Å². The molecule has 0 saturated carbocycles. The molecule has 0 amide bonds. The average Bonchev–Trinajstić information content (AvgIpc) is 2.82. The summed E-state index contributed by atoms with van der Waals surface area (Å²) < 4.78 is 0. The molecule has 1 saturated heterocycles. The first-order chi connectivity index (χ1) is 8.66. The monoisotopic (exact) mass is 245 g/mol. The molecule has 1 aliphatic rings. The van der Waals surface area contributed by atoms with Crippen molar-refractivity contribution in [2.24, 2.45) is 21.7 Å². The van der Waals surface area contributed by atoms with Gasteiger partial charge in [0.1, 0.15) is 0 Å². The van der Waals surface area contributed by atoms with Gasteiger partial charge in [0, 0.05) is 18.8 Å². The second-order valence-electron chi connectivity index (χ2n) is 4.51. The van der Waals surface area contributed by atoms with Crippen LogP contribution in [-0.2, 0) is 0 Å². The molecule has 1 heterocycles. The van der Waals surface area contributed by atoms with Gasteiger partial charge in [-0.1, -0.05) is 6.07 Å². The predicted molar refractivity (Wildman–Crippen MR) is 76.0 cm³/mol. The molecule has 2 rings (SSSR count). The highest BCUT2D eigenvalue weighted by Gasteiger charge is 2.13. The van der Waals surface area contributed by atoms with Crippen LogP contribution in [0.1, 0.15) is 24.0 Å². The maximum atomic E-state index is 5.20. The van der Waals surface area contributed by atoms with E-state index < -0.39 is 0 Å². The molecule has 5 heteroatoms. The van der Waals surface area contributed by atoms with Crippen LogP contribution in [0.4, 0.5) is 5.69 Å². The van der Waals surface area contributed by atoms with Gasteiger partial charge in [0.2, 0.25) is 5.96 Å². The van der Waals surface area contributed by atoms with Gasteiger partial charge in [0.25, 0.3) is 0 Å². The van der Waals surface area contributed by atoms with E-state index in [4.69, 9.17) is 11.5 Å².